The Morgan fingerprint density at radius 2 is 2.00 bits per heavy atom. The molecular weight excluding hydrogens is 284 g/mol. The fourth-order valence-electron chi connectivity index (χ4n) is 2.81. The van der Waals surface area contributed by atoms with Gasteiger partial charge >= 0.3 is 0 Å². The summed E-state index contributed by atoms with van der Waals surface area (Å²) in [6.45, 7) is 8.40. The minimum Gasteiger partial charge on any atom is -0.350 e. The topological polar surface area (TPSA) is 41.1 Å². The third kappa shape index (κ3) is 4.72. The van der Waals surface area contributed by atoms with Crippen LogP contribution in [0.2, 0.25) is 0 Å². The number of rotatable bonds is 4. The predicted molar refractivity (Wildman–Crippen MR) is 90.2 cm³/mol. The smallest absolute Gasteiger partial charge is 0.251 e. The van der Waals surface area contributed by atoms with E-state index < -0.39 is 0 Å². The van der Waals surface area contributed by atoms with Crippen LogP contribution >= 0.6 is 12.4 Å². The Kier molecular flexibility index (Phi) is 6.69. The molecule has 2 N–H and O–H groups in total. The standard InChI is InChI=1S/C17H26N2O.ClH/c1-4-13-6-8-14(9-7-13)16(20)19-12-15-17(2,3)10-5-11-18-15;/h6-9,15,18H,4-5,10-12H2,1-3H3,(H,19,20);1H. The van der Waals surface area contributed by atoms with E-state index in [1.54, 1.807) is 0 Å². The molecule has 0 radical (unpaired) electrons. The summed E-state index contributed by atoms with van der Waals surface area (Å²) >= 11 is 0. The molecule has 1 saturated heterocycles. The lowest BCUT2D eigenvalue weighted by atomic mass is 9.77. The maximum absolute atomic E-state index is 12.2. The fraction of sp³-hybridized carbons (Fsp3) is 0.588. The normalized spacial score (nSPS) is 20.4. The largest absolute Gasteiger partial charge is 0.350 e. The van der Waals surface area contributed by atoms with Crippen LogP contribution in [0, 0.1) is 5.41 Å². The molecule has 0 bridgehead atoms. The maximum atomic E-state index is 12.2. The Balaban J connectivity index is 0.00000220. The number of benzene rings is 1. The highest BCUT2D eigenvalue weighted by Crippen LogP contribution is 2.29. The van der Waals surface area contributed by atoms with Crippen LogP contribution < -0.4 is 10.6 Å². The summed E-state index contributed by atoms with van der Waals surface area (Å²) in [5.41, 5.74) is 2.25. The molecule has 1 fully saturated rings. The molecule has 1 aliphatic heterocycles. The van der Waals surface area contributed by atoms with Gasteiger partial charge < -0.3 is 10.6 Å². The SMILES string of the molecule is CCc1ccc(C(=O)NCC2NCCCC2(C)C)cc1.Cl. The Labute approximate surface area is 134 Å². The zero-order chi connectivity index (χ0) is 14.6. The summed E-state index contributed by atoms with van der Waals surface area (Å²) in [4.78, 5) is 12.2. The van der Waals surface area contributed by atoms with Crippen molar-refractivity contribution >= 4 is 18.3 Å². The van der Waals surface area contributed by atoms with E-state index in [0.717, 1.165) is 18.5 Å². The van der Waals surface area contributed by atoms with Gasteiger partial charge in [0.25, 0.3) is 5.91 Å². The number of nitrogens with one attached hydrogen (secondary N) is 2. The third-order valence-electron chi connectivity index (χ3n) is 4.42. The highest BCUT2D eigenvalue weighted by Gasteiger charge is 2.31. The molecule has 1 amide bonds. The number of aryl methyl sites for hydroxylation is 1. The fourth-order valence-corrected chi connectivity index (χ4v) is 2.81. The number of piperidine rings is 1. The molecule has 0 spiro atoms. The summed E-state index contributed by atoms with van der Waals surface area (Å²) in [7, 11) is 0. The summed E-state index contributed by atoms with van der Waals surface area (Å²) in [6.07, 6.45) is 3.43. The van der Waals surface area contributed by atoms with Crippen LogP contribution in [0.5, 0.6) is 0 Å². The van der Waals surface area contributed by atoms with E-state index in [2.05, 4.69) is 31.4 Å². The van der Waals surface area contributed by atoms with E-state index in [0.29, 0.717) is 12.6 Å². The van der Waals surface area contributed by atoms with Crippen molar-refractivity contribution in [2.45, 2.75) is 46.1 Å². The van der Waals surface area contributed by atoms with Gasteiger partial charge in [0, 0.05) is 18.2 Å². The van der Waals surface area contributed by atoms with Crippen LogP contribution in [-0.4, -0.2) is 25.0 Å². The molecule has 1 unspecified atom stereocenters. The van der Waals surface area contributed by atoms with Crippen molar-refractivity contribution in [1.29, 1.82) is 0 Å². The number of hydrogen-bond acceptors (Lipinski definition) is 2. The maximum Gasteiger partial charge on any atom is 0.251 e. The van der Waals surface area contributed by atoms with Crippen molar-refractivity contribution in [1.82, 2.24) is 10.6 Å². The van der Waals surface area contributed by atoms with Crippen molar-refractivity contribution in [3.8, 4) is 0 Å². The highest BCUT2D eigenvalue weighted by atomic mass is 35.5. The Bertz CT molecular complexity index is 456. The van der Waals surface area contributed by atoms with E-state index >= 15 is 0 Å². The molecule has 1 aromatic carbocycles. The van der Waals surface area contributed by atoms with Gasteiger partial charge in [0.15, 0.2) is 0 Å². The van der Waals surface area contributed by atoms with Crippen molar-refractivity contribution in [2.24, 2.45) is 5.41 Å². The Morgan fingerprint density at radius 3 is 2.57 bits per heavy atom. The quantitative estimate of drug-likeness (QED) is 0.897. The van der Waals surface area contributed by atoms with Crippen LogP contribution in [0.25, 0.3) is 0 Å². The monoisotopic (exact) mass is 310 g/mol. The predicted octanol–water partition coefficient (Wildman–Crippen LogP) is 3.18. The van der Waals surface area contributed by atoms with Gasteiger partial charge in [-0.2, -0.15) is 0 Å². The number of carbonyl (C=O) groups is 1. The summed E-state index contributed by atoms with van der Waals surface area (Å²) < 4.78 is 0. The van der Waals surface area contributed by atoms with Crippen molar-refractivity contribution in [2.75, 3.05) is 13.1 Å². The Morgan fingerprint density at radius 1 is 1.33 bits per heavy atom. The van der Waals surface area contributed by atoms with Crippen LogP contribution in [0.15, 0.2) is 24.3 Å². The van der Waals surface area contributed by atoms with Crippen molar-refractivity contribution < 1.29 is 4.79 Å². The van der Waals surface area contributed by atoms with Gasteiger partial charge in [-0.15, -0.1) is 12.4 Å². The van der Waals surface area contributed by atoms with Gasteiger partial charge in [-0.1, -0.05) is 32.9 Å². The molecule has 1 atom stereocenters. The van der Waals surface area contributed by atoms with E-state index in [9.17, 15) is 4.79 Å². The van der Waals surface area contributed by atoms with E-state index in [-0.39, 0.29) is 23.7 Å². The van der Waals surface area contributed by atoms with Gasteiger partial charge in [0.2, 0.25) is 0 Å². The van der Waals surface area contributed by atoms with Crippen LogP contribution in [-0.2, 0) is 6.42 Å². The molecule has 3 nitrogen and oxygen atoms in total. The zero-order valence-electron chi connectivity index (χ0n) is 13.2. The number of hydrogen-bond donors (Lipinski definition) is 2. The van der Waals surface area contributed by atoms with E-state index in [4.69, 9.17) is 0 Å². The van der Waals surface area contributed by atoms with Crippen LogP contribution in [0.4, 0.5) is 0 Å². The van der Waals surface area contributed by atoms with Crippen molar-refractivity contribution in [3.05, 3.63) is 35.4 Å². The first kappa shape index (κ1) is 18.0. The second kappa shape index (κ2) is 7.81. The van der Waals surface area contributed by atoms with Gasteiger partial charge in [-0.25, -0.2) is 0 Å². The highest BCUT2D eigenvalue weighted by molar-refractivity contribution is 5.94. The first-order chi connectivity index (χ1) is 9.53. The number of halogens is 1. The average Bonchev–Trinajstić information content (AvgIpc) is 2.45. The lowest BCUT2D eigenvalue weighted by molar-refractivity contribution is 0.0929. The average molecular weight is 311 g/mol. The second-order valence-electron chi connectivity index (χ2n) is 6.36. The molecule has 118 valence electrons. The molecule has 2 rings (SSSR count). The lowest BCUT2D eigenvalue weighted by Gasteiger charge is -2.39. The van der Waals surface area contributed by atoms with E-state index in [1.165, 1.54) is 18.4 Å². The molecule has 1 aliphatic rings. The van der Waals surface area contributed by atoms with Crippen LogP contribution in [0.1, 0.15) is 49.5 Å². The first-order valence-corrected chi connectivity index (χ1v) is 7.63. The van der Waals surface area contributed by atoms with Gasteiger partial charge in [0.05, 0.1) is 0 Å². The summed E-state index contributed by atoms with van der Waals surface area (Å²) in [5.74, 6) is 0.0239. The molecule has 1 aromatic rings. The lowest BCUT2D eigenvalue weighted by Crippen LogP contribution is -2.52. The number of amides is 1. The third-order valence-corrected chi connectivity index (χ3v) is 4.42. The van der Waals surface area contributed by atoms with Gasteiger partial charge in [-0.3, -0.25) is 4.79 Å². The van der Waals surface area contributed by atoms with Gasteiger partial charge in [0.1, 0.15) is 0 Å². The molecule has 0 aliphatic carbocycles. The molecule has 0 aromatic heterocycles. The summed E-state index contributed by atoms with van der Waals surface area (Å²) in [5, 5.41) is 6.58. The molecular formula is C17H27ClN2O. The molecule has 4 heteroatoms. The first-order valence-electron chi connectivity index (χ1n) is 7.63. The number of carbonyl (C=O) groups excluding carboxylic acids is 1. The van der Waals surface area contributed by atoms with Crippen LogP contribution in [0.3, 0.4) is 0 Å². The minimum atomic E-state index is 0. The molecule has 21 heavy (non-hydrogen) atoms. The van der Waals surface area contributed by atoms with Gasteiger partial charge in [-0.05, 0) is 48.9 Å². The second-order valence-corrected chi connectivity index (χ2v) is 6.36. The van der Waals surface area contributed by atoms with E-state index in [1.807, 2.05) is 24.3 Å². The minimum absolute atomic E-state index is 0. The molecule has 0 saturated carbocycles. The summed E-state index contributed by atoms with van der Waals surface area (Å²) in [6, 6.07) is 8.23. The molecule has 1 heterocycles. The zero-order valence-corrected chi connectivity index (χ0v) is 14.1. The Hall–Kier alpha value is -1.06. The van der Waals surface area contributed by atoms with Crippen molar-refractivity contribution in [3.63, 3.8) is 0 Å².